The normalized spacial score (nSPS) is 13.7. The first-order valence-electron chi connectivity index (χ1n) is 12.8. The number of rotatable bonds is 11. The zero-order chi connectivity index (χ0) is 26.2. The first-order chi connectivity index (χ1) is 17.9. The Morgan fingerprint density at radius 1 is 1.05 bits per heavy atom. The SMILES string of the molecule is CC(C)CNC(=O)[C@H](CSCc1ccccc1)NC(=O)COc1ccc2c3c(c(=O)oc2c1)CCCC3. The third-order valence-electron chi connectivity index (χ3n) is 6.30. The van der Waals surface area contributed by atoms with Crippen LogP contribution in [0.1, 0.15) is 43.4 Å². The van der Waals surface area contributed by atoms with Crippen LogP contribution in [-0.2, 0) is 28.2 Å². The number of thioether (sulfide) groups is 1. The molecular formula is C29H34N2O5S. The van der Waals surface area contributed by atoms with E-state index in [-0.39, 0.29) is 18.1 Å². The number of nitrogens with one attached hydrogen (secondary N) is 2. The smallest absolute Gasteiger partial charge is 0.339 e. The van der Waals surface area contributed by atoms with Gasteiger partial charge in [0, 0.05) is 35.1 Å². The predicted octanol–water partition coefficient (Wildman–Crippen LogP) is 4.24. The molecule has 1 heterocycles. The molecule has 3 aromatic rings. The Labute approximate surface area is 221 Å². The fraction of sp³-hybridized carbons (Fsp3) is 0.414. The third-order valence-corrected chi connectivity index (χ3v) is 7.40. The molecule has 1 aromatic heterocycles. The van der Waals surface area contributed by atoms with Crippen LogP contribution in [0.25, 0.3) is 11.0 Å². The maximum absolute atomic E-state index is 12.8. The second-order valence-corrected chi connectivity index (χ2v) is 10.8. The molecule has 0 aliphatic heterocycles. The standard InChI is InChI=1S/C29H34N2O5S/c1-19(2)15-30-28(33)25(18-37-17-20-8-4-3-5-9-20)31-27(32)16-35-21-12-13-23-22-10-6-7-11-24(22)29(34)36-26(23)14-21/h3-5,8-9,12-14,19,25H,6-7,10-11,15-18H2,1-2H3,(H,30,33)(H,31,32)/t25-/m0/s1. The van der Waals surface area contributed by atoms with E-state index in [0.717, 1.165) is 53.5 Å². The summed E-state index contributed by atoms with van der Waals surface area (Å²) in [5.74, 6) is 1.32. The van der Waals surface area contributed by atoms with Gasteiger partial charge in [0.05, 0.1) is 0 Å². The van der Waals surface area contributed by atoms with Gasteiger partial charge in [0.25, 0.3) is 5.91 Å². The van der Waals surface area contributed by atoms with Gasteiger partial charge in [-0.2, -0.15) is 11.8 Å². The Balaban J connectivity index is 1.37. The van der Waals surface area contributed by atoms with Crippen molar-refractivity contribution in [2.75, 3.05) is 18.9 Å². The van der Waals surface area contributed by atoms with Gasteiger partial charge in [-0.15, -0.1) is 0 Å². The van der Waals surface area contributed by atoms with Crippen LogP contribution in [0, 0.1) is 5.92 Å². The number of aryl methyl sites for hydroxylation is 1. The lowest BCUT2D eigenvalue weighted by molar-refractivity contribution is -0.129. The van der Waals surface area contributed by atoms with Crippen LogP contribution in [-0.4, -0.2) is 36.8 Å². The van der Waals surface area contributed by atoms with Crippen LogP contribution in [0.4, 0.5) is 0 Å². The van der Waals surface area contributed by atoms with E-state index in [2.05, 4.69) is 10.6 Å². The van der Waals surface area contributed by atoms with Crippen LogP contribution < -0.4 is 21.0 Å². The molecule has 0 radical (unpaired) electrons. The Bertz CT molecular complexity index is 1290. The largest absolute Gasteiger partial charge is 0.484 e. The summed E-state index contributed by atoms with van der Waals surface area (Å²) < 4.78 is 11.2. The average molecular weight is 523 g/mol. The molecule has 2 N–H and O–H groups in total. The fourth-order valence-corrected chi connectivity index (χ4v) is 5.40. The maximum Gasteiger partial charge on any atom is 0.339 e. The highest BCUT2D eigenvalue weighted by molar-refractivity contribution is 7.98. The third kappa shape index (κ3) is 7.38. The van der Waals surface area contributed by atoms with E-state index < -0.39 is 11.9 Å². The van der Waals surface area contributed by atoms with Crippen molar-refractivity contribution in [1.29, 1.82) is 0 Å². The molecule has 2 amide bonds. The van der Waals surface area contributed by atoms with Crippen molar-refractivity contribution < 1.29 is 18.7 Å². The highest BCUT2D eigenvalue weighted by atomic mass is 32.2. The summed E-state index contributed by atoms with van der Waals surface area (Å²) in [4.78, 5) is 37.9. The number of carbonyl (C=O) groups excluding carboxylic acids is 2. The van der Waals surface area contributed by atoms with E-state index in [4.69, 9.17) is 9.15 Å². The van der Waals surface area contributed by atoms with Gasteiger partial charge in [-0.25, -0.2) is 4.79 Å². The number of amides is 2. The molecule has 196 valence electrons. The minimum absolute atomic E-state index is 0.208. The van der Waals surface area contributed by atoms with Crippen molar-refractivity contribution in [3.05, 3.63) is 75.6 Å². The van der Waals surface area contributed by atoms with Crippen molar-refractivity contribution in [3.8, 4) is 5.75 Å². The Hall–Kier alpha value is -3.26. The topological polar surface area (TPSA) is 97.6 Å². The molecule has 4 rings (SSSR count). The molecular weight excluding hydrogens is 488 g/mol. The van der Waals surface area contributed by atoms with Crippen LogP contribution in [0.3, 0.4) is 0 Å². The molecule has 0 saturated heterocycles. The molecule has 37 heavy (non-hydrogen) atoms. The van der Waals surface area contributed by atoms with Crippen LogP contribution in [0.5, 0.6) is 5.75 Å². The Morgan fingerprint density at radius 3 is 2.57 bits per heavy atom. The molecule has 0 unspecified atom stereocenters. The monoisotopic (exact) mass is 522 g/mol. The number of benzene rings is 2. The maximum atomic E-state index is 12.8. The van der Waals surface area contributed by atoms with Crippen molar-refractivity contribution in [2.45, 2.75) is 51.3 Å². The number of fused-ring (bicyclic) bond motifs is 3. The van der Waals surface area contributed by atoms with Crippen molar-refractivity contribution in [1.82, 2.24) is 10.6 Å². The number of ether oxygens (including phenoxy) is 1. The van der Waals surface area contributed by atoms with E-state index in [9.17, 15) is 14.4 Å². The van der Waals surface area contributed by atoms with Gasteiger partial charge < -0.3 is 19.8 Å². The van der Waals surface area contributed by atoms with E-state index in [1.165, 1.54) is 0 Å². The number of hydrogen-bond acceptors (Lipinski definition) is 6. The number of carbonyl (C=O) groups is 2. The average Bonchev–Trinajstić information content (AvgIpc) is 2.90. The van der Waals surface area contributed by atoms with Crippen LogP contribution in [0.2, 0.25) is 0 Å². The molecule has 1 aliphatic carbocycles. The molecule has 0 fully saturated rings. The predicted molar refractivity (Wildman–Crippen MR) is 147 cm³/mol. The molecule has 2 aromatic carbocycles. The van der Waals surface area contributed by atoms with Gasteiger partial charge >= 0.3 is 5.63 Å². The van der Waals surface area contributed by atoms with Gasteiger partial charge in [0.15, 0.2) is 6.61 Å². The van der Waals surface area contributed by atoms with Gasteiger partial charge in [0.2, 0.25) is 5.91 Å². The summed E-state index contributed by atoms with van der Waals surface area (Å²) in [6.07, 6.45) is 3.67. The lowest BCUT2D eigenvalue weighted by Gasteiger charge is -2.19. The van der Waals surface area contributed by atoms with Gasteiger partial charge in [0.1, 0.15) is 17.4 Å². The molecule has 8 heteroatoms. The lowest BCUT2D eigenvalue weighted by Crippen LogP contribution is -2.50. The summed E-state index contributed by atoms with van der Waals surface area (Å²) in [6, 6.07) is 14.6. The van der Waals surface area contributed by atoms with Crippen LogP contribution >= 0.6 is 11.8 Å². The van der Waals surface area contributed by atoms with Gasteiger partial charge in [-0.3, -0.25) is 9.59 Å². The van der Waals surface area contributed by atoms with Crippen molar-refractivity contribution in [2.24, 2.45) is 5.92 Å². The molecule has 0 saturated carbocycles. The molecule has 7 nitrogen and oxygen atoms in total. The summed E-state index contributed by atoms with van der Waals surface area (Å²) >= 11 is 1.59. The fourth-order valence-electron chi connectivity index (χ4n) is 4.38. The minimum Gasteiger partial charge on any atom is -0.484 e. The summed E-state index contributed by atoms with van der Waals surface area (Å²) in [6.45, 7) is 4.33. The molecule has 0 bridgehead atoms. The minimum atomic E-state index is -0.676. The Morgan fingerprint density at radius 2 is 1.81 bits per heavy atom. The van der Waals surface area contributed by atoms with E-state index in [0.29, 0.717) is 29.5 Å². The van der Waals surface area contributed by atoms with Crippen molar-refractivity contribution >= 4 is 34.5 Å². The first-order valence-corrected chi connectivity index (χ1v) is 14.0. The first kappa shape index (κ1) is 26.8. The summed E-state index contributed by atoms with van der Waals surface area (Å²) in [7, 11) is 0. The Kier molecular flexibility index (Phi) is 9.28. The van der Waals surface area contributed by atoms with E-state index >= 15 is 0 Å². The lowest BCUT2D eigenvalue weighted by atomic mass is 9.91. The second-order valence-electron chi connectivity index (χ2n) is 9.76. The quantitative estimate of drug-likeness (QED) is 0.366. The van der Waals surface area contributed by atoms with Gasteiger partial charge in [-0.05, 0) is 54.9 Å². The zero-order valence-electron chi connectivity index (χ0n) is 21.4. The summed E-state index contributed by atoms with van der Waals surface area (Å²) in [5.41, 5.74) is 3.17. The van der Waals surface area contributed by atoms with Crippen LogP contribution in [0.15, 0.2) is 57.7 Å². The van der Waals surface area contributed by atoms with Crippen molar-refractivity contribution in [3.63, 3.8) is 0 Å². The molecule has 1 atom stereocenters. The highest BCUT2D eigenvalue weighted by Crippen LogP contribution is 2.29. The highest BCUT2D eigenvalue weighted by Gasteiger charge is 2.22. The molecule has 1 aliphatic rings. The second kappa shape index (κ2) is 12.8. The van der Waals surface area contributed by atoms with E-state index in [1.807, 2.05) is 50.2 Å². The van der Waals surface area contributed by atoms with Gasteiger partial charge in [-0.1, -0.05) is 44.2 Å². The number of hydrogen-bond donors (Lipinski definition) is 2. The molecule has 0 spiro atoms. The zero-order valence-corrected chi connectivity index (χ0v) is 22.2. The summed E-state index contributed by atoms with van der Waals surface area (Å²) in [5, 5.41) is 6.64. The van der Waals surface area contributed by atoms with E-state index in [1.54, 1.807) is 23.9 Å².